The molecule has 1 aromatic carbocycles. The number of amides is 3. The average Bonchev–Trinajstić information content (AvgIpc) is 2.38. The Morgan fingerprint density at radius 3 is 2.55 bits per heavy atom. The highest BCUT2D eigenvalue weighted by atomic mass is 16.2. The van der Waals surface area contributed by atoms with Gasteiger partial charge in [0.15, 0.2) is 0 Å². The van der Waals surface area contributed by atoms with Gasteiger partial charge in [0.2, 0.25) is 5.91 Å². The molecule has 5 heteroatoms. The summed E-state index contributed by atoms with van der Waals surface area (Å²) in [6.45, 7) is 8.04. The first kappa shape index (κ1) is 16.2. The van der Waals surface area contributed by atoms with Crippen molar-refractivity contribution in [1.82, 2.24) is 16.0 Å². The lowest BCUT2D eigenvalue weighted by molar-refractivity contribution is -0.121. The summed E-state index contributed by atoms with van der Waals surface area (Å²) >= 11 is 0. The summed E-state index contributed by atoms with van der Waals surface area (Å²) in [6.07, 6.45) is 0. The van der Waals surface area contributed by atoms with E-state index in [9.17, 15) is 9.59 Å². The van der Waals surface area contributed by atoms with Crippen LogP contribution < -0.4 is 16.0 Å². The molecular formula is C15H23N3O2. The first-order valence-corrected chi connectivity index (χ1v) is 6.85. The van der Waals surface area contributed by atoms with Gasteiger partial charge < -0.3 is 5.32 Å². The fraction of sp³-hybridized carbons (Fsp3) is 0.467. The third kappa shape index (κ3) is 5.01. The van der Waals surface area contributed by atoms with E-state index in [1.807, 2.05) is 32.0 Å². The summed E-state index contributed by atoms with van der Waals surface area (Å²) in [4.78, 5) is 23.1. The van der Waals surface area contributed by atoms with Crippen LogP contribution in [0.5, 0.6) is 0 Å². The zero-order valence-electron chi connectivity index (χ0n) is 12.5. The van der Waals surface area contributed by atoms with Gasteiger partial charge in [-0.25, -0.2) is 4.79 Å². The number of benzene rings is 1. The van der Waals surface area contributed by atoms with Crippen LogP contribution in [0.15, 0.2) is 24.3 Å². The highest BCUT2D eigenvalue weighted by Crippen LogP contribution is 2.14. The molecule has 0 aliphatic rings. The second-order valence-corrected chi connectivity index (χ2v) is 4.87. The van der Waals surface area contributed by atoms with Crippen molar-refractivity contribution in [1.29, 1.82) is 0 Å². The van der Waals surface area contributed by atoms with E-state index in [2.05, 4.69) is 22.0 Å². The van der Waals surface area contributed by atoms with E-state index < -0.39 is 12.1 Å². The first-order valence-electron chi connectivity index (χ1n) is 6.85. The molecule has 3 N–H and O–H groups in total. The van der Waals surface area contributed by atoms with Crippen molar-refractivity contribution in [2.75, 3.05) is 6.54 Å². The fourth-order valence-corrected chi connectivity index (χ4v) is 1.91. The molecule has 3 amide bonds. The van der Waals surface area contributed by atoms with E-state index in [-0.39, 0.29) is 11.9 Å². The number of nitrogens with one attached hydrogen (secondary N) is 3. The predicted octanol–water partition coefficient (Wildman–Crippen LogP) is 1.88. The monoisotopic (exact) mass is 277 g/mol. The van der Waals surface area contributed by atoms with Crippen LogP contribution >= 0.6 is 0 Å². The van der Waals surface area contributed by atoms with Gasteiger partial charge in [-0.2, -0.15) is 0 Å². The summed E-state index contributed by atoms with van der Waals surface area (Å²) in [5.41, 5.74) is 2.29. The molecule has 0 heterocycles. The van der Waals surface area contributed by atoms with Crippen molar-refractivity contribution in [3.8, 4) is 0 Å². The molecule has 110 valence electrons. The van der Waals surface area contributed by atoms with Crippen LogP contribution in [0, 0.1) is 6.92 Å². The quantitative estimate of drug-likeness (QED) is 0.769. The fourth-order valence-electron chi connectivity index (χ4n) is 1.91. The Labute approximate surface area is 120 Å². The number of hydrogen-bond acceptors (Lipinski definition) is 3. The van der Waals surface area contributed by atoms with Crippen molar-refractivity contribution in [3.63, 3.8) is 0 Å². The lowest BCUT2D eigenvalue weighted by Crippen LogP contribution is -2.48. The first-order chi connectivity index (χ1) is 9.43. The van der Waals surface area contributed by atoms with Crippen LogP contribution in [0.2, 0.25) is 0 Å². The van der Waals surface area contributed by atoms with Gasteiger partial charge >= 0.3 is 6.03 Å². The van der Waals surface area contributed by atoms with Gasteiger partial charge in [0, 0.05) is 12.6 Å². The minimum Gasteiger partial charge on any atom is -0.338 e. The predicted molar refractivity (Wildman–Crippen MR) is 79.4 cm³/mol. The maximum absolute atomic E-state index is 11.8. The molecule has 1 aromatic rings. The molecule has 0 aromatic heterocycles. The molecule has 20 heavy (non-hydrogen) atoms. The number of hydrogen-bond donors (Lipinski definition) is 3. The highest BCUT2D eigenvalue weighted by molar-refractivity contribution is 5.96. The zero-order chi connectivity index (χ0) is 15.1. The molecule has 0 saturated carbocycles. The SMILES string of the molecule is CCNC(=O)NC(=O)C(C)N[C@H](C)c1cccc(C)c1. The van der Waals surface area contributed by atoms with E-state index in [4.69, 9.17) is 0 Å². The van der Waals surface area contributed by atoms with Crippen LogP contribution in [-0.4, -0.2) is 24.5 Å². The van der Waals surface area contributed by atoms with E-state index >= 15 is 0 Å². The topological polar surface area (TPSA) is 70.2 Å². The Balaban J connectivity index is 2.54. The van der Waals surface area contributed by atoms with E-state index in [1.165, 1.54) is 5.56 Å². The molecule has 0 aliphatic carbocycles. The number of carbonyl (C=O) groups excluding carboxylic acids is 2. The van der Waals surface area contributed by atoms with Crippen LogP contribution in [0.25, 0.3) is 0 Å². The van der Waals surface area contributed by atoms with Crippen LogP contribution in [0.3, 0.4) is 0 Å². The minimum absolute atomic E-state index is 0.0323. The molecule has 2 atom stereocenters. The van der Waals surface area contributed by atoms with Gasteiger partial charge in [0.1, 0.15) is 0 Å². The second kappa shape index (κ2) is 7.65. The molecule has 0 fully saturated rings. The van der Waals surface area contributed by atoms with Crippen LogP contribution in [-0.2, 0) is 4.79 Å². The molecule has 0 saturated heterocycles. The normalized spacial score (nSPS) is 13.4. The van der Waals surface area contributed by atoms with Crippen molar-refractivity contribution in [2.45, 2.75) is 39.8 Å². The van der Waals surface area contributed by atoms with Crippen molar-refractivity contribution < 1.29 is 9.59 Å². The molecule has 1 unspecified atom stereocenters. The van der Waals surface area contributed by atoms with Crippen molar-refractivity contribution >= 4 is 11.9 Å². The molecule has 0 aliphatic heterocycles. The number of carbonyl (C=O) groups is 2. The van der Waals surface area contributed by atoms with Gasteiger partial charge in [-0.15, -0.1) is 0 Å². The number of imide groups is 1. The number of aryl methyl sites for hydroxylation is 1. The molecule has 5 nitrogen and oxygen atoms in total. The average molecular weight is 277 g/mol. The van der Waals surface area contributed by atoms with E-state index in [1.54, 1.807) is 13.8 Å². The van der Waals surface area contributed by atoms with Gasteiger partial charge in [-0.05, 0) is 33.3 Å². The Morgan fingerprint density at radius 1 is 1.25 bits per heavy atom. The second-order valence-electron chi connectivity index (χ2n) is 4.87. The third-order valence-electron chi connectivity index (χ3n) is 3.01. The van der Waals surface area contributed by atoms with Gasteiger partial charge in [-0.1, -0.05) is 29.8 Å². The summed E-state index contributed by atoms with van der Waals surface area (Å²) in [5, 5.41) is 8.00. The largest absolute Gasteiger partial charge is 0.338 e. The summed E-state index contributed by atoms with van der Waals surface area (Å²) in [5.74, 6) is -0.338. The lowest BCUT2D eigenvalue weighted by Gasteiger charge is -2.20. The molecule has 0 spiro atoms. The third-order valence-corrected chi connectivity index (χ3v) is 3.01. The highest BCUT2D eigenvalue weighted by Gasteiger charge is 2.18. The summed E-state index contributed by atoms with van der Waals surface area (Å²) < 4.78 is 0. The Bertz CT molecular complexity index is 474. The lowest BCUT2D eigenvalue weighted by atomic mass is 10.1. The van der Waals surface area contributed by atoms with Crippen molar-refractivity contribution in [2.24, 2.45) is 0 Å². The van der Waals surface area contributed by atoms with Gasteiger partial charge in [0.25, 0.3) is 0 Å². The summed E-state index contributed by atoms with van der Waals surface area (Å²) in [7, 11) is 0. The van der Waals surface area contributed by atoms with Crippen LogP contribution in [0.4, 0.5) is 4.79 Å². The van der Waals surface area contributed by atoms with Crippen molar-refractivity contribution in [3.05, 3.63) is 35.4 Å². The Morgan fingerprint density at radius 2 is 1.95 bits per heavy atom. The maximum Gasteiger partial charge on any atom is 0.321 e. The summed E-state index contributed by atoms with van der Waals surface area (Å²) in [6, 6.07) is 7.22. The smallest absolute Gasteiger partial charge is 0.321 e. The molecule has 0 radical (unpaired) electrons. The van der Waals surface area contributed by atoms with E-state index in [0.717, 1.165) is 5.56 Å². The molecule has 0 bridgehead atoms. The minimum atomic E-state index is -0.464. The Kier molecular flexibility index (Phi) is 6.18. The van der Waals surface area contributed by atoms with E-state index in [0.29, 0.717) is 6.54 Å². The molecule has 1 rings (SSSR count). The van der Waals surface area contributed by atoms with Crippen LogP contribution in [0.1, 0.15) is 37.9 Å². The number of rotatable bonds is 5. The number of urea groups is 1. The molecular weight excluding hydrogens is 254 g/mol. The van der Waals surface area contributed by atoms with Gasteiger partial charge in [-0.3, -0.25) is 15.4 Å². The maximum atomic E-state index is 11.8. The Hall–Kier alpha value is -1.88. The zero-order valence-corrected chi connectivity index (χ0v) is 12.5. The standard InChI is InChI=1S/C15H23N3O2/c1-5-16-15(20)18-14(19)12(4)17-11(3)13-8-6-7-10(2)9-13/h6-9,11-12,17H,5H2,1-4H3,(H2,16,18,19,20)/t11-,12?/m1/s1. The van der Waals surface area contributed by atoms with Gasteiger partial charge in [0.05, 0.1) is 6.04 Å².